The SMILES string of the molecule is CCC1CCCCC1NS(=O)(=O)c1c(N)cc(Cl)cc1Cl. The zero-order valence-corrected chi connectivity index (χ0v) is 14.2. The number of benzene rings is 1. The third-order valence-electron chi connectivity index (χ3n) is 4.05. The molecule has 118 valence electrons. The van der Waals surface area contributed by atoms with Gasteiger partial charge in [-0.15, -0.1) is 0 Å². The molecule has 1 fully saturated rings. The average Bonchev–Trinajstić information content (AvgIpc) is 2.37. The maximum atomic E-state index is 12.6. The molecule has 2 unspecified atom stereocenters. The van der Waals surface area contributed by atoms with Crippen LogP contribution in [0.3, 0.4) is 0 Å². The van der Waals surface area contributed by atoms with E-state index in [9.17, 15) is 8.42 Å². The Hall–Kier alpha value is -0.490. The summed E-state index contributed by atoms with van der Waals surface area (Å²) in [5.41, 5.74) is 5.87. The van der Waals surface area contributed by atoms with E-state index in [1.807, 2.05) is 0 Å². The topological polar surface area (TPSA) is 72.2 Å². The minimum Gasteiger partial charge on any atom is -0.398 e. The van der Waals surface area contributed by atoms with E-state index in [0.717, 1.165) is 32.1 Å². The number of halogens is 2. The van der Waals surface area contributed by atoms with Crippen molar-refractivity contribution in [1.29, 1.82) is 0 Å². The number of nitrogen functional groups attached to an aromatic ring is 1. The fourth-order valence-electron chi connectivity index (χ4n) is 2.97. The minimum absolute atomic E-state index is 0.0522. The van der Waals surface area contributed by atoms with Crippen molar-refractivity contribution in [2.24, 2.45) is 5.92 Å². The molecule has 2 atom stereocenters. The van der Waals surface area contributed by atoms with Crippen LogP contribution in [0, 0.1) is 5.92 Å². The highest BCUT2D eigenvalue weighted by Crippen LogP contribution is 2.33. The summed E-state index contributed by atoms with van der Waals surface area (Å²) < 4.78 is 28.0. The summed E-state index contributed by atoms with van der Waals surface area (Å²) in [7, 11) is -3.75. The number of hydrogen-bond donors (Lipinski definition) is 2. The lowest BCUT2D eigenvalue weighted by Crippen LogP contribution is -2.42. The Morgan fingerprint density at radius 2 is 1.95 bits per heavy atom. The second kappa shape index (κ2) is 6.73. The molecule has 1 aliphatic carbocycles. The molecule has 0 saturated heterocycles. The van der Waals surface area contributed by atoms with Crippen LogP contribution in [-0.2, 0) is 10.0 Å². The van der Waals surface area contributed by atoms with Gasteiger partial charge in [0.25, 0.3) is 0 Å². The first-order valence-corrected chi connectivity index (χ1v) is 9.36. The Balaban J connectivity index is 2.30. The van der Waals surface area contributed by atoms with Crippen LogP contribution in [0.4, 0.5) is 5.69 Å². The van der Waals surface area contributed by atoms with E-state index >= 15 is 0 Å². The summed E-state index contributed by atoms with van der Waals surface area (Å²) in [6, 6.07) is 2.74. The van der Waals surface area contributed by atoms with Crippen LogP contribution in [-0.4, -0.2) is 14.5 Å². The van der Waals surface area contributed by atoms with Gasteiger partial charge in [0.2, 0.25) is 10.0 Å². The van der Waals surface area contributed by atoms with Crippen molar-refractivity contribution in [3.63, 3.8) is 0 Å². The van der Waals surface area contributed by atoms with Crippen LogP contribution in [0.5, 0.6) is 0 Å². The molecule has 0 bridgehead atoms. The molecule has 2 rings (SSSR count). The predicted octanol–water partition coefficient (Wildman–Crippen LogP) is 3.82. The van der Waals surface area contributed by atoms with E-state index in [1.54, 1.807) is 0 Å². The van der Waals surface area contributed by atoms with E-state index in [1.165, 1.54) is 12.1 Å². The fraction of sp³-hybridized carbons (Fsp3) is 0.571. The molecule has 0 aromatic heterocycles. The Morgan fingerprint density at radius 1 is 1.29 bits per heavy atom. The zero-order chi connectivity index (χ0) is 15.6. The molecule has 21 heavy (non-hydrogen) atoms. The second-order valence-electron chi connectivity index (χ2n) is 5.49. The first kappa shape index (κ1) is 16.9. The van der Waals surface area contributed by atoms with Crippen molar-refractivity contribution < 1.29 is 8.42 Å². The van der Waals surface area contributed by atoms with Crippen molar-refractivity contribution in [2.45, 2.75) is 50.0 Å². The van der Waals surface area contributed by atoms with Gasteiger partial charge in [0.1, 0.15) is 4.90 Å². The van der Waals surface area contributed by atoms with E-state index < -0.39 is 10.0 Å². The van der Waals surface area contributed by atoms with Gasteiger partial charge in [0.15, 0.2) is 0 Å². The van der Waals surface area contributed by atoms with Gasteiger partial charge in [-0.1, -0.05) is 49.4 Å². The van der Waals surface area contributed by atoms with E-state index in [2.05, 4.69) is 11.6 Å². The third-order valence-corrected chi connectivity index (χ3v) is 6.28. The van der Waals surface area contributed by atoms with Crippen molar-refractivity contribution in [2.75, 3.05) is 5.73 Å². The summed E-state index contributed by atoms with van der Waals surface area (Å²) in [4.78, 5) is -0.0750. The van der Waals surface area contributed by atoms with Crippen LogP contribution < -0.4 is 10.5 Å². The summed E-state index contributed by atoms with van der Waals surface area (Å²) >= 11 is 11.9. The van der Waals surface area contributed by atoms with Gasteiger partial charge < -0.3 is 5.73 Å². The van der Waals surface area contributed by atoms with Gasteiger partial charge in [-0.25, -0.2) is 13.1 Å². The predicted molar refractivity (Wildman–Crippen MR) is 87.2 cm³/mol. The molecule has 0 radical (unpaired) electrons. The third kappa shape index (κ3) is 3.83. The molecule has 1 aromatic carbocycles. The highest BCUT2D eigenvalue weighted by Gasteiger charge is 2.30. The maximum Gasteiger partial charge on any atom is 0.244 e. The average molecular weight is 351 g/mol. The number of nitrogens with two attached hydrogens (primary N) is 1. The number of sulfonamides is 1. The fourth-order valence-corrected chi connectivity index (χ4v) is 5.30. The van der Waals surface area contributed by atoms with Crippen molar-refractivity contribution >= 4 is 38.9 Å². The molecule has 0 spiro atoms. The molecule has 1 aromatic rings. The smallest absolute Gasteiger partial charge is 0.244 e. The summed E-state index contributed by atoms with van der Waals surface area (Å²) in [5.74, 6) is 0.362. The van der Waals surface area contributed by atoms with Gasteiger partial charge >= 0.3 is 0 Å². The highest BCUT2D eigenvalue weighted by molar-refractivity contribution is 7.89. The molecule has 4 nitrogen and oxygen atoms in total. The quantitative estimate of drug-likeness (QED) is 0.810. The lowest BCUT2D eigenvalue weighted by molar-refractivity contribution is 0.282. The largest absolute Gasteiger partial charge is 0.398 e. The first-order valence-electron chi connectivity index (χ1n) is 7.12. The molecule has 0 heterocycles. The van der Waals surface area contributed by atoms with Crippen molar-refractivity contribution in [3.8, 4) is 0 Å². The molecule has 0 amide bonds. The standard InChI is InChI=1S/C14H20Cl2N2O2S/c1-2-9-5-3-4-6-13(9)18-21(19,20)14-11(16)7-10(15)8-12(14)17/h7-9,13,18H,2-6,17H2,1H3. The lowest BCUT2D eigenvalue weighted by Gasteiger charge is -2.31. The van der Waals surface area contributed by atoms with E-state index in [-0.39, 0.29) is 21.6 Å². The normalized spacial score (nSPS) is 23.2. The Morgan fingerprint density at radius 3 is 2.57 bits per heavy atom. The number of nitrogens with one attached hydrogen (secondary N) is 1. The molecular weight excluding hydrogens is 331 g/mol. The summed E-state index contributed by atoms with van der Waals surface area (Å²) in [6.07, 6.45) is 5.04. The van der Waals surface area contributed by atoms with Gasteiger partial charge in [-0.2, -0.15) is 0 Å². The Kier molecular flexibility index (Phi) is 5.41. The van der Waals surface area contributed by atoms with Gasteiger partial charge in [0.05, 0.1) is 10.7 Å². The van der Waals surface area contributed by atoms with Gasteiger partial charge in [0, 0.05) is 11.1 Å². The number of hydrogen-bond acceptors (Lipinski definition) is 3. The van der Waals surface area contributed by atoms with Gasteiger partial charge in [-0.3, -0.25) is 0 Å². The molecule has 1 saturated carbocycles. The lowest BCUT2D eigenvalue weighted by atomic mass is 9.83. The molecule has 7 heteroatoms. The summed E-state index contributed by atoms with van der Waals surface area (Å²) in [5, 5.41) is 0.372. The van der Waals surface area contributed by atoms with Crippen LogP contribution in [0.25, 0.3) is 0 Å². The maximum absolute atomic E-state index is 12.6. The van der Waals surface area contributed by atoms with Gasteiger partial charge in [-0.05, 0) is 30.9 Å². The van der Waals surface area contributed by atoms with Crippen LogP contribution >= 0.6 is 23.2 Å². The Labute approximate surface area is 136 Å². The number of anilines is 1. The van der Waals surface area contributed by atoms with Crippen LogP contribution in [0.2, 0.25) is 10.0 Å². The highest BCUT2D eigenvalue weighted by atomic mass is 35.5. The minimum atomic E-state index is -3.75. The number of rotatable bonds is 4. The second-order valence-corrected chi connectivity index (χ2v) is 7.98. The van der Waals surface area contributed by atoms with E-state index in [0.29, 0.717) is 10.9 Å². The van der Waals surface area contributed by atoms with Crippen molar-refractivity contribution in [3.05, 3.63) is 22.2 Å². The molecular formula is C14H20Cl2N2O2S. The first-order chi connectivity index (χ1) is 9.85. The molecule has 3 N–H and O–H groups in total. The van der Waals surface area contributed by atoms with Crippen LogP contribution in [0.1, 0.15) is 39.0 Å². The van der Waals surface area contributed by atoms with E-state index in [4.69, 9.17) is 28.9 Å². The van der Waals surface area contributed by atoms with Crippen molar-refractivity contribution in [1.82, 2.24) is 4.72 Å². The molecule has 1 aliphatic rings. The molecule has 0 aliphatic heterocycles. The zero-order valence-electron chi connectivity index (χ0n) is 11.9. The monoisotopic (exact) mass is 350 g/mol. The Bertz CT molecular complexity index is 596. The summed E-state index contributed by atoms with van der Waals surface area (Å²) in [6.45, 7) is 2.08. The van der Waals surface area contributed by atoms with Crippen LogP contribution in [0.15, 0.2) is 17.0 Å².